The fourth-order valence-electron chi connectivity index (χ4n) is 3.55. The van der Waals surface area contributed by atoms with Crippen molar-refractivity contribution in [2.24, 2.45) is 0 Å². The van der Waals surface area contributed by atoms with E-state index in [1.165, 1.54) is 10.9 Å². The summed E-state index contributed by atoms with van der Waals surface area (Å²) >= 11 is 0. The maximum absolute atomic E-state index is 5.72. The minimum absolute atomic E-state index is 0.156. The molecule has 2 aromatic carbocycles. The van der Waals surface area contributed by atoms with Gasteiger partial charge in [-0.2, -0.15) is 0 Å². The molecule has 1 aromatic heterocycles. The largest absolute Gasteiger partial charge is 0.496 e. The van der Waals surface area contributed by atoms with Gasteiger partial charge in [0.1, 0.15) is 11.6 Å². The van der Waals surface area contributed by atoms with Crippen LogP contribution in [0.1, 0.15) is 23.1 Å². The number of H-pyrrole nitrogens is 1. The molecule has 0 bridgehead atoms. The highest BCUT2D eigenvalue weighted by atomic mass is 16.5. The average Bonchev–Trinajstić information content (AvgIpc) is 3.09. The Bertz CT molecular complexity index is 874. The van der Waals surface area contributed by atoms with Crippen LogP contribution < -0.4 is 4.74 Å². The SMILES string of the molecule is COc1ccc(CN2CCOC[C@H]2c2ncc(C)[nH]2)c2ccccc12. The Balaban J connectivity index is 1.67. The summed E-state index contributed by atoms with van der Waals surface area (Å²) in [5.41, 5.74) is 2.38. The number of benzene rings is 2. The van der Waals surface area contributed by atoms with Crippen LogP contribution in [0.4, 0.5) is 0 Å². The van der Waals surface area contributed by atoms with E-state index >= 15 is 0 Å². The highest BCUT2D eigenvalue weighted by Crippen LogP contribution is 2.31. The van der Waals surface area contributed by atoms with Crippen molar-refractivity contribution >= 4 is 10.8 Å². The molecular weight excluding hydrogens is 314 g/mol. The number of aromatic amines is 1. The summed E-state index contributed by atoms with van der Waals surface area (Å²) in [6.45, 7) is 5.20. The molecule has 0 saturated carbocycles. The van der Waals surface area contributed by atoms with E-state index in [9.17, 15) is 0 Å². The van der Waals surface area contributed by atoms with E-state index in [0.29, 0.717) is 6.61 Å². The normalized spacial score (nSPS) is 18.6. The van der Waals surface area contributed by atoms with Crippen molar-refractivity contribution in [2.75, 3.05) is 26.9 Å². The van der Waals surface area contributed by atoms with Crippen LogP contribution in [0.5, 0.6) is 5.75 Å². The number of aromatic nitrogens is 2. The minimum atomic E-state index is 0.156. The molecule has 0 spiro atoms. The lowest BCUT2D eigenvalue weighted by atomic mass is 10.0. The Kier molecular flexibility index (Phi) is 4.42. The second kappa shape index (κ2) is 6.86. The van der Waals surface area contributed by atoms with E-state index in [4.69, 9.17) is 9.47 Å². The second-order valence-electron chi connectivity index (χ2n) is 6.49. The minimum Gasteiger partial charge on any atom is -0.496 e. The molecule has 4 rings (SSSR count). The number of fused-ring (bicyclic) bond motifs is 1. The molecule has 5 nitrogen and oxygen atoms in total. The van der Waals surface area contributed by atoms with Crippen molar-refractivity contribution in [3.63, 3.8) is 0 Å². The maximum Gasteiger partial charge on any atom is 0.126 e. The highest BCUT2D eigenvalue weighted by molar-refractivity contribution is 5.91. The molecule has 1 aliphatic heterocycles. The lowest BCUT2D eigenvalue weighted by Crippen LogP contribution is -2.39. The predicted molar refractivity (Wildman–Crippen MR) is 97.8 cm³/mol. The highest BCUT2D eigenvalue weighted by Gasteiger charge is 2.27. The zero-order valence-corrected chi connectivity index (χ0v) is 14.7. The van der Waals surface area contributed by atoms with Gasteiger partial charge >= 0.3 is 0 Å². The number of nitrogens with one attached hydrogen (secondary N) is 1. The molecule has 2 heterocycles. The number of hydrogen-bond acceptors (Lipinski definition) is 4. The molecule has 130 valence electrons. The van der Waals surface area contributed by atoms with Crippen molar-refractivity contribution in [1.29, 1.82) is 0 Å². The van der Waals surface area contributed by atoms with Gasteiger partial charge in [-0.3, -0.25) is 4.90 Å². The fourth-order valence-corrected chi connectivity index (χ4v) is 3.55. The summed E-state index contributed by atoms with van der Waals surface area (Å²) in [7, 11) is 1.72. The predicted octanol–water partition coefficient (Wildman–Crippen LogP) is 3.45. The number of imidazole rings is 1. The van der Waals surface area contributed by atoms with Crippen LogP contribution in [0, 0.1) is 6.92 Å². The van der Waals surface area contributed by atoms with Crippen LogP contribution in [0.2, 0.25) is 0 Å². The lowest BCUT2D eigenvalue weighted by molar-refractivity contribution is -0.0154. The number of ether oxygens (including phenoxy) is 2. The van der Waals surface area contributed by atoms with Crippen molar-refractivity contribution in [1.82, 2.24) is 14.9 Å². The number of methoxy groups -OCH3 is 1. The van der Waals surface area contributed by atoms with Gasteiger partial charge in [0.15, 0.2) is 0 Å². The van der Waals surface area contributed by atoms with Crippen molar-refractivity contribution in [3.05, 3.63) is 59.7 Å². The molecule has 0 aliphatic carbocycles. The molecule has 1 saturated heterocycles. The number of morpholine rings is 1. The molecule has 1 atom stereocenters. The molecule has 0 radical (unpaired) electrons. The number of aryl methyl sites for hydroxylation is 1. The van der Waals surface area contributed by atoms with Crippen LogP contribution >= 0.6 is 0 Å². The van der Waals surface area contributed by atoms with E-state index in [0.717, 1.165) is 42.4 Å². The molecule has 0 amide bonds. The van der Waals surface area contributed by atoms with Gasteiger partial charge < -0.3 is 14.5 Å². The lowest BCUT2D eigenvalue weighted by Gasteiger charge is -2.34. The van der Waals surface area contributed by atoms with Gasteiger partial charge in [0.2, 0.25) is 0 Å². The summed E-state index contributed by atoms with van der Waals surface area (Å²) in [6.07, 6.45) is 1.88. The van der Waals surface area contributed by atoms with Gasteiger partial charge in [-0.05, 0) is 23.9 Å². The topological polar surface area (TPSA) is 50.4 Å². The molecule has 1 fully saturated rings. The molecule has 25 heavy (non-hydrogen) atoms. The maximum atomic E-state index is 5.72. The Morgan fingerprint density at radius 3 is 2.84 bits per heavy atom. The summed E-state index contributed by atoms with van der Waals surface area (Å²) < 4.78 is 11.2. The Hall–Kier alpha value is -2.37. The summed E-state index contributed by atoms with van der Waals surface area (Å²) in [5, 5.41) is 2.39. The van der Waals surface area contributed by atoms with Gasteiger partial charge in [0.05, 0.1) is 26.4 Å². The number of rotatable bonds is 4. The van der Waals surface area contributed by atoms with E-state index in [2.05, 4.69) is 51.3 Å². The van der Waals surface area contributed by atoms with Crippen LogP contribution in [0.3, 0.4) is 0 Å². The zero-order valence-electron chi connectivity index (χ0n) is 14.7. The molecule has 0 unspecified atom stereocenters. The summed E-state index contributed by atoms with van der Waals surface area (Å²) in [5.74, 6) is 1.90. The first-order chi connectivity index (χ1) is 12.3. The van der Waals surface area contributed by atoms with Crippen molar-refractivity contribution < 1.29 is 9.47 Å². The summed E-state index contributed by atoms with van der Waals surface area (Å²) in [6, 6.07) is 12.8. The number of nitrogens with zero attached hydrogens (tertiary/aromatic N) is 2. The molecule has 1 aliphatic rings. The molecule has 3 aromatic rings. The smallest absolute Gasteiger partial charge is 0.126 e. The van der Waals surface area contributed by atoms with Crippen LogP contribution in [-0.2, 0) is 11.3 Å². The first kappa shape index (κ1) is 16.1. The van der Waals surface area contributed by atoms with Gasteiger partial charge in [-0.15, -0.1) is 0 Å². The van der Waals surface area contributed by atoms with E-state index in [-0.39, 0.29) is 6.04 Å². The van der Waals surface area contributed by atoms with Gasteiger partial charge in [0, 0.05) is 30.4 Å². The molecule has 1 N–H and O–H groups in total. The van der Waals surface area contributed by atoms with Crippen LogP contribution in [0.25, 0.3) is 10.8 Å². The standard InChI is InChI=1S/C20H23N3O2/c1-14-11-21-20(22-14)18-13-25-10-9-23(18)12-15-7-8-19(24-2)17-6-4-3-5-16(15)17/h3-8,11,18H,9-10,12-13H2,1-2H3,(H,21,22)/t18-/m0/s1. The molecule has 5 heteroatoms. The Labute approximate surface area is 147 Å². The quantitative estimate of drug-likeness (QED) is 0.792. The van der Waals surface area contributed by atoms with Gasteiger partial charge in [-0.1, -0.05) is 30.3 Å². The average molecular weight is 337 g/mol. The van der Waals surface area contributed by atoms with Crippen LogP contribution in [0.15, 0.2) is 42.6 Å². The molecular formula is C20H23N3O2. The summed E-state index contributed by atoms with van der Waals surface area (Å²) in [4.78, 5) is 10.3. The van der Waals surface area contributed by atoms with E-state index < -0.39 is 0 Å². The third-order valence-corrected chi connectivity index (χ3v) is 4.85. The third kappa shape index (κ3) is 3.13. The Morgan fingerprint density at radius 2 is 2.08 bits per heavy atom. The van der Waals surface area contributed by atoms with Gasteiger partial charge in [0.25, 0.3) is 0 Å². The van der Waals surface area contributed by atoms with Crippen molar-refractivity contribution in [3.8, 4) is 5.75 Å². The monoisotopic (exact) mass is 337 g/mol. The zero-order chi connectivity index (χ0) is 17.2. The van der Waals surface area contributed by atoms with Gasteiger partial charge in [-0.25, -0.2) is 4.98 Å². The second-order valence-corrected chi connectivity index (χ2v) is 6.49. The first-order valence-corrected chi connectivity index (χ1v) is 8.64. The Morgan fingerprint density at radius 1 is 1.24 bits per heavy atom. The third-order valence-electron chi connectivity index (χ3n) is 4.85. The van der Waals surface area contributed by atoms with Crippen molar-refractivity contribution in [2.45, 2.75) is 19.5 Å². The fraction of sp³-hybridized carbons (Fsp3) is 0.350. The van der Waals surface area contributed by atoms with Crippen LogP contribution in [-0.4, -0.2) is 41.7 Å². The van der Waals surface area contributed by atoms with E-state index in [1.807, 2.05) is 13.1 Å². The first-order valence-electron chi connectivity index (χ1n) is 8.64. The number of hydrogen-bond donors (Lipinski definition) is 1. The van der Waals surface area contributed by atoms with E-state index in [1.54, 1.807) is 7.11 Å².